The fourth-order valence-electron chi connectivity index (χ4n) is 3.96. The maximum Gasteiger partial charge on any atom is 0.280 e. The lowest BCUT2D eigenvalue weighted by atomic mass is 9.85. The van der Waals surface area contributed by atoms with Crippen molar-refractivity contribution in [3.05, 3.63) is 71.0 Å². The zero-order chi connectivity index (χ0) is 21.6. The molecule has 30 heavy (non-hydrogen) atoms. The number of ether oxygens (including phenoxy) is 1. The van der Waals surface area contributed by atoms with Gasteiger partial charge in [0, 0.05) is 49.9 Å². The Morgan fingerprint density at radius 3 is 2.37 bits per heavy atom. The molecule has 1 aromatic heterocycles. The monoisotopic (exact) mass is 423 g/mol. The number of amides is 1. The van der Waals surface area contributed by atoms with Crippen LogP contribution >= 0.6 is 0 Å². The summed E-state index contributed by atoms with van der Waals surface area (Å²) in [6.45, 7) is 6.29. The summed E-state index contributed by atoms with van der Waals surface area (Å²) in [5.74, 6) is 0.540. The number of nitrogens with one attached hydrogen (secondary N) is 1. The first kappa shape index (κ1) is 20.3. The Labute approximate surface area is 178 Å². The summed E-state index contributed by atoms with van der Waals surface area (Å²) in [5, 5.41) is 7.49. The van der Waals surface area contributed by atoms with Crippen LogP contribution in [0.5, 0.6) is 5.75 Å². The van der Waals surface area contributed by atoms with Crippen LogP contribution in [0.2, 0.25) is 0 Å². The van der Waals surface area contributed by atoms with Crippen LogP contribution in [0, 0.1) is 0 Å². The number of carbonyl (C=O) groups excluding carboxylic acids is 1. The molecule has 156 valence electrons. The van der Waals surface area contributed by atoms with E-state index in [0.29, 0.717) is 16.3 Å². The predicted molar refractivity (Wildman–Crippen MR) is 118 cm³/mol. The van der Waals surface area contributed by atoms with Crippen molar-refractivity contribution in [2.45, 2.75) is 37.1 Å². The minimum atomic E-state index is -1.09. The first-order chi connectivity index (χ1) is 14.2. The van der Waals surface area contributed by atoms with Crippen molar-refractivity contribution in [3.8, 4) is 5.75 Å². The van der Waals surface area contributed by atoms with Gasteiger partial charge in [-0.3, -0.25) is 19.0 Å². The molecule has 0 fully saturated rings. The Bertz CT molecular complexity index is 1130. The molecule has 0 bridgehead atoms. The van der Waals surface area contributed by atoms with E-state index in [1.165, 1.54) is 0 Å². The highest BCUT2D eigenvalue weighted by molar-refractivity contribution is 7.84. The molecule has 0 aliphatic carbocycles. The van der Waals surface area contributed by atoms with Crippen molar-refractivity contribution >= 4 is 22.4 Å². The number of hydrogen-bond donors (Lipinski definition) is 1. The molecule has 1 N–H and O–H groups in total. The molecule has 1 aliphatic rings. The van der Waals surface area contributed by atoms with E-state index in [-0.39, 0.29) is 17.4 Å². The van der Waals surface area contributed by atoms with Gasteiger partial charge in [-0.05, 0) is 30.3 Å². The van der Waals surface area contributed by atoms with Gasteiger partial charge in [-0.25, -0.2) is 0 Å². The molecule has 1 aliphatic heterocycles. The maximum atomic E-state index is 13.5. The summed E-state index contributed by atoms with van der Waals surface area (Å²) in [7, 11) is 0.545. The highest BCUT2D eigenvalue weighted by Gasteiger charge is 2.45. The van der Waals surface area contributed by atoms with Crippen LogP contribution in [0.3, 0.4) is 0 Å². The third kappa shape index (κ3) is 3.23. The van der Waals surface area contributed by atoms with Crippen LogP contribution in [-0.4, -0.2) is 33.7 Å². The molecule has 2 heterocycles. The lowest BCUT2D eigenvalue weighted by Gasteiger charge is -2.29. The molecular weight excluding hydrogens is 398 g/mol. The van der Waals surface area contributed by atoms with Gasteiger partial charge in [0.15, 0.2) is 5.69 Å². The standard InChI is InChI=1S/C23H25N3O3S/c1-23(2,3)21-18-19(24-25-21)22(27)26(14-10-12-15(13-11-14)30(5)28)20(18)16-8-6-7-9-17(16)29-4/h6-13,20H,1-5H3,(H,24,25)/t20-,30-/m0/s1. The normalized spacial score (nSPS) is 17.2. The van der Waals surface area contributed by atoms with E-state index < -0.39 is 10.8 Å². The molecule has 6 nitrogen and oxygen atoms in total. The number of anilines is 1. The average Bonchev–Trinajstić information content (AvgIpc) is 3.27. The van der Waals surface area contributed by atoms with Gasteiger partial charge in [-0.15, -0.1) is 0 Å². The average molecular weight is 424 g/mol. The zero-order valence-electron chi connectivity index (χ0n) is 17.7. The molecule has 0 unspecified atom stereocenters. The second-order valence-electron chi connectivity index (χ2n) is 8.38. The molecule has 0 saturated heterocycles. The lowest BCUT2D eigenvalue weighted by Crippen LogP contribution is -2.30. The molecule has 2 aromatic carbocycles. The second-order valence-corrected chi connectivity index (χ2v) is 9.76. The highest BCUT2D eigenvalue weighted by Crippen LogP contribution is 2.47. The molecule has 4 rings (SSSR count). The predicted octanol–water partition coefficient (Wildman–Crippen LogP) is 4.20. The molecule has 0 radical (unpaired) electrons. The third-order valence-corrected chi connectivity index (χ3v) is 6.32. The number of H-pyrrole nitrogens is 1. The minimum absolute atomic E-state index is 0.168. The zero-order valence-corrected chi connectivity index (χ0v) is 18.5. The summed E-state index contributed by atoms with van der Waals surface area (Å²) in [5.41, 5.74) is 3.62. The van der Waals surface area contributed by atoms with Crippen LogP contribution in [0.25, 0.3) is 0 Å². The first-order valence-electron chi connectivity index (χ1n) is 9.72. The number of hydrogen-bond acceptors (Lipinski definition) is 4. The number of aromatic amines is 1. The summed E-state index contributed by atoms with van der Waals surface area (Å²) in [6.07, 6.45) is 1.64. The Balaban J connectivity index is 1.94. The number of benzene rings is 2. The van der Waals surface area contributed by atoms with Gasteiger partial charge < -0.3 is 4.74 Å². The van der Waals surface area contributed by atoms with Crippen molar-refractivity contribution in [3.63, 3.8) is 0 Å². The van der Waals surface area contributed by atoms with Gasteiger partial charge in [-0.2, -0.15) is 5.10 Å². The van der Waals surface area contributed by atoms with E-state index in [1.807, 2.05) is 36.4 Å². The Morgan fingerprint density at radius 2 is 1.77 bits per heavy atom. The Hall–Kier alpha value is -2.93. The largest absolute Gasteiger partial charge is 0.496 e. The van der Waals surface area contributed by atoms with Crippen LogP contribution in [0.1, 0.15) is 54.1 Å². The van der Waals surface area contributed by atoms with E-state index in [1.54, 1.807) is 30.4 Å². The number of para-hydroxylation sites is 1. The molecule has 3 aromatic rings. The third-order valence-electron chi connectivity index (χ3n) is 5.39. The Kier molecular flexibility index (Phi) is 5.02. The number of aromatic nitrogens is 2. The fraction of sp³-hybridized carbons (Fsp3) is 0.304. The van der Waals surface area contributed by atoms with Crippen LogP contribution in [0.4, 0.5) is 5.69 Å². The highest BCUT2D eigenvalue weighted by atomic mass is 32.2. The van der Waals surface area contributed by atoms with Crippen molar-refractivity contribution in [1.82, 2.24) is 10.2 Å². The summed E-state index contributed by atoms with van der Waals surface area (Å²) >= 11 is 0. The summed E-state index contributed by atoms with van der Waals surface area (Å²) < 4.78 is 17.4. The number of carbonyl (C=O) groups is 1. The van der Waals surface area contributed by atoms with Gasteiger partial charge in [-0.1, -0.05) is 39.0 Å². The maximum absolute atomic E-state index is 13.5. The quantitative estimate of drug-likeness (QED) is 0.682. The molecular formula is C23H25N3O3S. The van der Waals surface area contributed by atoms with E-state index in [9.17, 15) is 9.00 Å². The van der Waals surface area contributed by atoms with Crippen molar-refractivity contribution < 1.29 is 13.7 Å². The van der Waals surface area contributed by atoms with E-state index in [2.05, 4.69) is 31.0 Å². The Morgan fingerprint density at radius 1 is 1.10 bits per heavy atom. The van der Waals surface area contributed by atoms with Crippen LogP contribution in [-0.2, 0) is 16.2 Å². The SMILES string of the molecule is COc1ccccc1[C@H]1c2c(n[nH]c2C(C)(C)C)C(=O)N1c1ccc([S@](C)=O)cc1. The first-order valence-corrected chi connectivity index (χ1v) is 11.3. The summed E-state index contributed by atoms with van der Waals surface area (Å²) in [4.78, 5) is 15.9. The van der Waals surface area contributed by atoms with Gasteiger partial charge in [0.1, 0.15) is 5.75 Å². The van der Waals surface area contributed by atoms with Crippen LogP contribution in [0.15, 0.2) is 53.4 Å². The number of nitrogens with zero attached hydrogens (tertiary/aromatic N) is 2. The van der Waals surface area contributed by atoms with Crippen LogP contribution < -0.4 is 9.64 Å². The van der Waals surface area contributed by atoms with Crippen molar-refractivity contribution in [1.29, 1.82) is 0 Å². The van der Waals surface area contributed by atoms with Crippen molar-refractivity contribution in [2.24, 2.45) is 0 Å². The number of methoxy groups -OCH3 is 1. The van der Waals surface area contributed by atoms with Crippen molar-refractivity contribution in [2.75, 3.05) is 18.3 Å². The topological polar surface area (TPSA) is 75.3 Å². The molecule has 0 saturated carbocycles. The van der Waals surface area contributed by atoms with E-state index >= 15 is 0 Å². The lowest BCUT2D eigenvalue weighted by molar-refractivity contribution is 0.0988. The number of rotatable bonds is 4. The molecule has 2 atom stereocenters. The second kappa shape index (κ2) is 7.40. The molecule has 1 amide bonds. The van der Waals surface area contributed by atoms with Gasteiger partial charge in [0.2, 0.25) is 0 Å². The fourth-order valence-corrected chi connectivity index (χ4v) is 4.48. The van der Waals surface area contributed by atoms with Gasteiger partial charge in [0.25, 0.3) is 5.91 Å². The molecule has 0 spiro atoms. The van der Waals surface area contributed by atoms with Gasteiger partial charge in [0.05, 0.1) is 13.2 Å². The number of fused-ring (bicyclic) bond motifs is 1. The smallest absolute Gasteiger partial charge is 0.280 e. The van der Waals surface area contributed by atoms with E-state index in [4.69, 9.17) is 4.74 Å². The summed E-state index contributed by atoms with van der Waals surface area (Å²) in [6, 6.07) is 14.6. The molecule has 7 heteroatoms. The van der Waals surface area contributed by atoms with Gasteiger partial charge >= 0.3 is 0 Å². The minimum Gasteiger partial charge on any atom is -0.496 e. The van der Waals surface area contributed by atoms with E-state index in [0.717, 1.165) is 22.5 Å².